The molecule has 0 saturated heterocycles. The summed E-state index contributed by atoms with van der Waals surface area (Å²) in [5, 5.41) is 13.1. The van der Waals surface area contributed by atoms with Crippen LogP contribution < -0.4 is 10.1 Å². The largest absolute Gasteiger partial charge is 0.490 e. The molecule has 0 heterocycles. The fourth-order valence-electron chi connectivity index (χ4n) is 1.38. The topological polar surface area (TPSA) is 41.5 Å². The first kappa shape index (κ1) is 13.9. The number of nitrogens with one attached hydrogen (secondary N) is 1. The highest BCUT2D eigenvalue weighted by Gasteiger charge is 2.20. The average Bonchev–Trinajstić information content (AvgIpc) is 2.27. The normalized spacial score (nSPS) is 14.4. The lowest BCUT2D eigenvalue weighted by molar-refractivity contribution is 0.0124. The van der Waals surface area contributed by atoms with Gasteiger partial charge in [0.25, 0.3) is 0 Å². The van der Waals surface area contributed by atoms with E-state index >= 15 is 0 Å². The average molecular weight is 241 g/mol. The monoisotopic (exact) mass is 241 g/mol. The lowest BCUT2D eigenvalue weighted by atomic mass is 10.1. The Kier molecular flexibility index (Phi) is 5.38. The van der Waals surface area contributed by atoms with Crippen molar-refractivity contribution in [2.75, 3.05) is 19.7 Å². The molecule has 0 saturated carbocycles. The Balaban J connectivity index is 2.38. The molecule has 0 spiro atoms. The lowest BCUT2D eigenvalue weighted by Gasteiger charge is -2.23. The Labute approximate surface area is 102 Å². The molecule has 4 heteroatoms. The van der Waals surface area contributed by atoms with E-state index < -0.39 is 5.60 Å². The van der Waals surface area contributed by atoms with Gasteiger partial charge in [0.2, 0.25) is 0 Å². The lowest BCUT2D eigenvalue weighted by Crippen LogP contribution is -2.43. The van der Waals surface area contributed by atoms with Gasteiger partial charge in [-0.3, -0.25) is 0 Å². The minimum atomic E-state index is -0.957. The number of halogens is 1. The second-order valence-electron chi connectivity index (χ2n) is 4.42. The SMILES string of the molecule is CCCNCC(C)(O)COc1cccc(F)c1. The highest BCUT2D eigenvalue weighted by Crippen LogP contribution is 2.14. The van der Waals surface area contributed by atoms with Gasteiger partial charge in [0.1, 0.15) is 23.8 Å². The third-order valence-electron chi connectivity index (χ3n) is 2.28. The van der Waals surface area contributed by atoms with Crippen LogP contribution in [0.25, 0.3) is 0 Å². The summed E-state index contributed by atoms with van der Waals surface area (Å²) >= 11 is 0. The van der Waals surface area contributed by atoms with E-state index in [-0.39, 0.29) is 12.4 Å². The van der Waals surface area contributed by atoms with E-state index in [1.807, 2.05) is 0 Å². The molecule has 1 aromatic carbocycles. The number of benzene rings is 1. The van der Waals surface area contributed by atoms with E-state index in [9.17, 15) is 9.50 Å². The fourth-order valence-corrected chi connectivity index (χ4v) is 1.38. The number of hydrogen-bond acceptors (Lipinski definition) is 3. The summed E-state index contributed by atoms with van der Waals surface area (Å²) in [6.45, 7) is 5.19. The van der Waals surface area contributed by atoms with Crippen LogP contribution in [-0.4, -0.2) is 30.4 Å². The quantitative estimate of drug-likeness (QED) is 0.717. The zero-order valence-corrected chi connectivity index (χ0v) is 10.4. The van der Waals surface area contributed by atoms with Crippen LogP contribution in [0.1, 0.15) is 20.3 Å². The molecule has 1 rings (SSSR count). The standard InChI is InChI=1S/C13H20FNO2/c1-3-7-15-9-13(2,16)10-17-12-6-4-5-11(14)8-12/h4-6,8,15-16H,3,7,9-10H2,1-2H3. The molecule has 1 atom stereocenters. The molecule has 3 nitrogen and oxygen atoms in total. The second-order valence-corrected chi connectivity index (χ2v) is 4.42. The van der Waals surface area contributed by atoms with Gasteiger partial charge in [-0.15, -0.1) is 0 Å². The van der Waals surface area contributed by atoms with Crippen LogP contribution >= 0.6 is 0 Å². The summed E-state index contributed by atoms with van der Waals surface area (Å²) in [7, 11) is 0. The van der Waals surface area contributed by atoms with Crippen LogP contribution in [0, 0.1) is 5.82 Å². The summed E-state index contributed by atoms with van der Waals surface area (Å²) < 4.78 is 18.2. The van der Waals surface area contributed by atoms with E-state index in [1.54, 1.807) is 19.1 Å². The Morgan fingerprint density at radius 2 is 2.24 bits per heavy atom. The second kappa shape index (κ2) is 6.57. The van der Waals surface area contributed by atoms with Crippen LogP contribution in [0.4, 0.5) is 4.39 Å². The van der Waals surface area contributed by atoms with Crippen molar-refractivity contribution in [2.24, 2.45) is 0 Å². The molecular weight excluding hydrogens is 221 g/mol. The molecule has 1 unspecified atom stereocenters. The predicted molar refractivity (Wildman–Crippen MR) is 65.7 cm³/mol. The maximum absolute atomic E-state index is 12.9. The Morgan fingerprint density at radius 1 is 1.47 bits per heavy atom. The summed E-state index contributed by atoms with van der Waals surface area (Å²) in [4.78, 5) is 0. The highest BCUT2D eigenvalue weighted by atomic mass is 19.1. The van der Waals surface area contributed by atoms with Gasteiger partial charge >= 0.3 is 0 Å². The van der Waals surface area contributed by atoms with E-state index in [0.717, 1.165) is 13.0 Å². The van der Waals surface area contributed by atoms with Crippen molar-refractivity contribution in [1.82, 2.24) is 5.32 Å². The third-order valence-corrected chi connectivity index (χ3v) is 2.28. The van der Waals surface area contributed by atoms with Gasteiger partial charge in [-0.05, 0) is 32.0 Å². The summed E-state index contributed by atoms with van der Waals surface area (Å²) in [6, 6.07) is 5.90. The summed E-state index contributed by atoms with van der Waals surface area (Å²) in [5.41, 5.74) is -0.957. The van der Waals surface area contributed by atoms with Gasteiger partial charge in [0.15, 0.2) is 0 Å². The maximum Gasteiger partial charge on any atom is 0.126 e. The molecule has 0 amide bonds. The smallest absolute Gasteiger partial charge is 0.126 e. The molecule has 96 valence electrons. The van der Waals surface area contributed by atoms with Gasteiger partial charge < -0.3 is 15.2 Å². The van der Waals surface area contributed by atoms with Gasteiger partial charge in [-0.25, -0.2) is 4.39 Å². The zero-order chi connectivity index (χ0) is 12.7. The molecule has 17 heavy (non-hydrogen) atoms. The van der Waals surface area contributed by atoms with Crippen molar-refractivity contribution >= 4 is 0 Å². The first-order valence-corrected chi connectivity index (χ1v) is 5.85. The Hall–Kier alpha value is -1.13. The van der Waals surface area contributed by atoms with Crippen molar-refractivity contribution in [3.05, 3.63) is 30.1 Å². The van der Waals surface area contributed by atoms with Crippen molar-refractivity contribution in [1.29, 1.82) is 0 Å². The molecular formula is C13H20FNO2. The highest BCUT2D eigenvalue weighted by molar-refractivity contribution is 5.22. The summed E-state index contributed by atoms with van der Waals surface area (Å²) in [6.07, 6.45) is 1.01. The molecule has 0 aliphatic heterocycles. The van der Waals surface area contributed by atoms with Crippen molar-refractivity contribution in [3.63, 3.8) is 0 Å². The van der Waals surface area contributed by atoms with E-state index in [0.29, 0.717) is 12.3 Å². The van der Waals surface area contributed by atoms with E-state index in [2.05, 4.69) is 12.2 Å². The third kappa shape index (κ3) is 5.65. The van der Waals surface area contributed by atoms with Crippen molar-refractivity contribution in [2.45, 2.75) is 25.9 Å². The van der Waals surface area contributed by atoms with Crippen LogP contribution in [0.3, 0.4) is 0 Å². The molecule has 0 radical (unpaired) electrons. The first-order chi connectivity index (χ1) is 8.03. The summed E-state index contributed by atoms with van der Waals surface area (Å²) in [5.74, 6) is 0.0898. The van der Waals surface area contributed by atoms with Crippen LogP contribution in [0.2, 0.25) is 0 Å². The minimum Gasteiger partial charge on any atom is -0.490 e. The predicted octanol–water partition coefficient (Wildman–Crippen LogP) is 1.96. The molecule has 0 bridgehead atoms. The minimum absolute atomic E-state index is 0.132. The van der Waals surface area contributed by atoms with E-state index in [4.69, 9.17) is 4.74 Å². The first-order valence-electron chi connectivity index (χ1n) is 5.85. The number of rotatable bonds is 7. The number of aliphatic hydroxyl groups is 1. The molecule has 1 aromatic rings. The number of hydrogen-bond donors (Lipinski definition) is 2. The van der Waals surface area contributed by atoms with Gasteiger partial charge in [0, 0.05) is 12.6 Å². The van der Waals surface area contributed by atoms with Crippen LogP contribution in [0.15, 0.2) is 24.3 Å². The number of ether oxygens (including phenoxy) is 1. The molecule has 0 aliphatic rings. The Bertz CT molecular complexity index is 342. The van der Waals surface area contributed by atoms with Gasteiger partial charge in [-0.2, -0.15) is 0 Å². The van der Waals surface area contributed by atoms with Crippen molar-refractivity contribution in [3.8, 4) is 5.75 Å². The van der Waals surface area contributed by atoms with Crippen LogP contribution in [-0.2, 0) is 0 Å². The molecule has 0 aromatic heterocycles. The van der Waals surface area contributed by atoms with Gasteiger partial charge in [-0.1, -0.05) is 13.0 Å². The van der Waals surface area contributed by atoms with Gasteiger partial charge in [0.05, 0.1) is 0 Å². The molecule has 2 N–H and O–H groups in total. The van der Waals surface area contributed by atoms with Crippen LogP contribution in [0.5, 0.6) is 5.75 Å². The molecule has 0 aliphatic carbocycles. The Morgan fingerprint density at radius 3 is 2.88 bits per heavy atom. The molecule has 0 fully saturated rings. The zero-order valence-electron chi connectivity index (χ0n) is 10.4. The van der Waals surface area contributed by atoms with E-state index in [1.165, 1.54) is 12.1 Å². The maximum atomic E-state index is 12.9. The fraction of sp³-hybridized carbons (Fsp3) is 0.538. The van der Waals surface area contributed by atoms with Crippen molar-refractivity contribution < 1.29 is 14.2 Å².